The number of carbonyl (C=O) groups is 1. The van der Waals surface area contributed by atoms with Gasteiger partial charge in [0.2, 0.25) is 5.88 Å². The van der Waals surface area contributed by atoms with Crippen molar-refractivity contribution in [1.29, 1.82) is 0 Å². The van der Waals surface area contributed by atoms with Crippen LogP contribution < -0.4 is 20.5 Å². The monoisotopic (exact) mass is 436 g/mol. The molecule has 0 bridgehead atoms. The maximum atomic E-state index is 13.5. The van der Waals surface area contributed by atoms with Gasteiger partial charge >= 0.3 is 0 Å². The van der Waals surface area contributed by atoms with E-state index in [9.17, 15) is 4.79 Å². The second-order valence-electron chi connectivity index (χ2n) is 7.95. The lowest BCUT2D eigenvalue weighted by atomic mass is 9.80. The van der Waals surface area contributed by atoms with Gasteiger partial charge in [0, 0.05) is 18.0 Å². The lowest BCUT2D eigenvalue weighted by Crippen LogP contribution is -2.33. The van der Waals surface area contributed by atoms with Gasteiger partial charge in [-0.15, -0.1) is 0 Å². The van der Waals surface area contributed by atoms with E-state index < -0.39 is 0 Å². The highest BCUT2D eigenvalue weighted by Crippen LogP contribution is 2.46. The summed E-state index contributed by atoms with van der Waals surface area (Å²) >= 11 is 0. The molecule has 3 N–H and O–H groups in total. The minimum Gasteiger partial charge on any atom is -0.497 e. The molecule has 0 fully saturated rings. The minimum atomic E-state index is -0.387. The van der Waals surface area contributed by atoms with Crippen molar-refractivity contribution >= 4 is 16.7 Å². The van der Waals surface area contributed by atoms with Crippen LogP contribution in [-0.4, -0.2) is 13.0 Å². The molecule has 1 aliphatic rings. The molecule has 0 aromatic heterocycles. The highest BCUT2D eigenvalue weighted by Gasteiger charge is 2.35. The summed E-state index contributed by atoms with van der Waals surface area (Å²) in [5, 5.41) is 5.12. The lowest BCUT2D eigenvalue weighted by Gasteiger charge is -2.30. The van der Waals surface area contributed by atoms with Crippen molar-refractivity contribution in [2.24, 2.45) is 5.73 Å². The summed E-state index contributed by atoms with van der Waals surface area (Å²) in [4.78, 5) is 13.5. The number of carbonyl (C=O) groups excluding carboxylic acids is 1. The van der Waals surface area contributed by atoms with Crippen LogP contribution in [-0.2, 0) is 11.3 Å². The zero-order valence-electron chi connectivity index (χ0n) is 18.2. The van der Waals surface area contributed by atoms with Crippen LogP contribution in [0.3, 0.4) is 0 Å². The summed E-state index contributed by atoms with van der Waals surface area (Å²) in [5.41, 5.74) is 9.64. The Balaban J connectivity index is 1.62. The highest BCUT2D eigenvalue weighted by molar-refractivity contribution is 5.99. The van der Waals surface area contributed by atoms with E-state index in [1.54, 1.807) is 7.11 Å². The van der Waals surface area contributed by atoms with Crippen molar-refractivity contribution in [3.8, 4) is 11.5 Å². The quantitative estimate of drug-likeness (QED) is 0.469. The predicted molar refractivity (Wildman–Crippen MR) is 129 cm³/mol. The molecule has 1 amide bonds. The fraction of sp³-hybridized carbons (Fsp3) is 0.107. The van der Waals surface area contributed by atoms with Gasteiger partial charge in [-0.2, -0.15) is 0 Å². The van der Waals surface area contributed by atoms with E-state index in [0.717, 1.165) is 33.2 Å². The number of hydrogen-bond donors (Lipinski definition) is 2. The molecule has 1 aliphatic heterocycles. The van der Waals surface area contributed by atoms with Gasteiger partial charge in [-0.05, 0) is 40.1 Å². The van der Waals surface area contributed by atoms with Gasteiger partial charge in [0.1, 0.15) is 11.5 Å². The Morgan fingerprint density at radius 3 is 2.42 bits per heavy atom. The molecule has 4 aromatic carbocycles. The van der Waals surface area contributed by atoms with Gasteiger partial charge in [0.25, 0.3) is 5.91 Å². The first-order chi connectivity index (χ1) is 16.2. The summed E-state index contributed by atoms with van der Waals surface area (Å²) in [5.74, 6) is 0.879. The molecular formula is C28H24N2O3. The first-order valence-corrected chi connectivity index (χ1v) is 10.8. The van der Waals surface area contributed by atoms with Gasteiger partial charge in [-0.3, -0.25) is 4.79 Å². The number of rotatable bonds is 5. The number of fused-ring (bicyclic) bond motifs is 3. The Morgan fingerprint density at radius 1 is 0.939 bits per heavy atom. The van der Waals surface area contributed by atoms with Crippen molar-refractivity contribution in [2.45, 2.75) is 12.5 Å². The molecule has 33 heavy (non-hydrogen) atoms. The first-order valence-electron chi connectivity index (χ1n) is 10.8. The first kappa shape index (κ1) is 20.6. The summed E-state index contributed by atoms with van der Waals surface area (Å²) < 4.78 is 11.3. The topological polar surface area (TPSA) is 73.6 Å². The van der Waals surface area contributed by atoms with E-state index >= 15 is 0 Å². The smallest absolute Gasteiger partial charge is 0.253 e. The van der Waals surface area contributed by atoms with E-state index in [1.165, 1.54) is 0 Å². The lowest BCUT2D eigenvalue weighted by molar-refractivity contribution is -0.118. The number of amides is 1. The third-order valence-corrected chi connectivity index (χ3v) is 5.98. The fourth-order valence-electron chi connectivity index (χ4n) is 4.37. The van der Waals surface area contributed by atoms with Crippen LogP contribution in [0, 0.1) is 0 Å². The summed E-state index contributed by atoms with van der Waals surface area (Å²) in [6.07, 6.45) is 0. The SMILES string of the molecule is COc1ccc(C2C(C(=O)NCc3ccccc3)=C(N)Oc3ccc4ccccc4c32)cc1. The van der Waals surface area contributed by atoms with E-state index in [1.807, 2.05) is 78.9 Å². The van der Waals surface area contributed by atoms with Crippen LogP contribution in [0.1, 0.15) is 22.6 Å². The number of methoxy groups -OCH3 is 1. The average molecular weight is 437 g/mol. The van der Waals surface area contributed by atoms with Crippen molar-refractivity contribution in [1.82, 2.24) is 5.32 Å². The minimum absolute atomic E-state index is 0.115. The molecule has 5 nitrogen and oxygen atoms in total. The molecule has 5 heteroatoms. The van der Waals surface area contributed by atoms with E-state index in [0.29, 0.717) is 17.9 Å². The molecule has 0 spiro atoms. The molecule has 4 aromatic rings. The molecule has 164 valence electrons. The standard InChI is InChI=1S/C28H24N2O3/c1-32-21-14-11-20(12-15-21)24-25-22-10-6-5-9-19(22)13-16-23(25)33-27(29)26(24)28(31)30-17-18-7-3-2-4-8-18/h2-16,24H,17,29H2,1H3,(H,30,31). The maximum absolute atomic E-state index is 13.5. The van der Waals surface area contributed by atoms with Crippen molar-refractivity contribution in [3.63, 3.8) is 0 Å². The Bertz CT molecular complexity index is 1340. The maximum Gasteiger partial charge on any atom is 0.253 e. The van der Waals surface area contributed by atoms with Crippen LogP contribution >= 0.6 is 0 Å². The van der Waals surface area contributed by atoms with Crippen molar-refractivity contribution in [2.75, 3.05) is 7.11 Å². The number of hydrogen-bond acceptors (Lipinski definition) is 4. The number of nitrogens with two attached hydrogens (primary N) is 1. The highest BCUT2D eigenvalue weighted by atomic mass is 16.5. The molecule has 1 heterocycles. The van der Waals surface area contributed by atoms with Gasteiger partial charge in [-0.25, -0.2) is 0 Å². The van der Waals surface area contributed by atoms with E-state index in [4.69, 9.17) is 15.2 Å². The van der Waals surface area contributed by atoms with Crippen LogP contribution in [0.2, 0.25) is 0 Å². The van der Waals surface area contributed by atoms with Crippen LogP contribution in [0.15, 0.2) is 102 Å². The molecular weight excluding hydrogens is 412 g/mol. The third kappa shape index (κ3) is 3.89. The normalized spacial score (nSPS) is 15.0. The zero-order valence-corrected chi connectivity index (χ0v) is 18.2. The second kappa shape index (κ2) is 8.71. The predicted octanol–water partition coefficient (Wildman–Crippen LogP) is 4.86. The fourth-order valence-corrected chi connectivity index (χ4v) is 4.37. The Hall–Kier alpha value is -4.25. The number of nitrogens with one attached hydrogen (secondary N) is 1. The molecule has 0 saturated carbocycles. The van der Waals surface area contributed by atoms with Crippen molar-refractivity contribution in [3.05, 3.63) is 119 Å². The zero-order chi connectivity index (χ0) is 22.8. The molecule has 5 rings (SSSR count). The average Bonchev–Trinajstić information content (AvgIpc) is 2.87. The van der Waals surface area contributed by atoms with Crippen LogP contribution in [0.4, 0.5) is 0 Å². The molecule has 1 unspecified atom stereocenters. The summed E-state index contributed by atoms with van der Waals surface area (Å²) in [7, 11) is 1.63. The Morgan fingerprint density at radius 2 is 1.67 bits per heavy atom. The number of benzene rings is 4. The Kier molecular flexibility index (Phi) is 5.45. The van der Waals surface area contributed by atoms with Crippen LogP contribution in [0.25, 0.3) is 10.8 Å². The van der Waals surface area contributed by atoms with Gasteiger partial charge < -0.3 is 20.5 Å². The van der Waals surface area contributed by atoms with Crippen molar-refractivity contribution < 1.29 is 14.3 Å². The summed E-state index contributed by atoms with van der Waals surface area (Å²) in [6.45, 7) is 0.397. The molecule has 0 radical (unpaired) electrons. The third-order valence-electron chi connectivity index (χ3n) is 5.98. The van der Waals surface area contributed by atoms with E-state index in [-0.39, 0.29) is 17.7 Å². The molecule has 1 atom stereocenters. The van der Waals surface area contributed by atoms with Gasteiger partial charge in [-0.1, -0.05) is 72.8 Å². The van der Waals surface area contributed by atoms with E-state index in [2.05, 4.69) is 17.4 Å². The van der Waals surface area contributed by atoms with Gasteiger partial charge in [0.15, 0.2) is 0 Å². The Labute approximate surface area is 192 Å². The largest absolute Gasteiger partial charge is 0.497 e. The molecule has 0 aliphatic carbocycles. The second-order valence-corrected chi connectivity index (χ2v) is 7.95. The number of ether oxygens (including phenoxy) is 2. The molecule has 0 saturated heterocycles. The summed E-state index contributed by atoms with van der Waals surface area (Å²) in [6, 6.07) is 29.5. The van der Waals surface area contributed by atoms with Crippen LogP contribution in [0.5, 0.6) is 11.5 Å². The van der Waals surface area contributed by atoms with Gasteiger partial charge in [0.05, 0.1) is 12.7 Å².